The molecule has 0 aliphatic heterocycles. The molecule has 0 radical (unpaired) electrons. The van der Waals surface area contributed by atoms with Crippen LogP contribution in [0.15, 0.2) is 22.8 Å². The molecule has 0 saturated heterocycles. The average molecular weight is 227 g/mol. The summed E-state index contributed by atoms with van der Waals surface area (Å²) in [5.74, 6) is 2.89. The number of aliphatic hydroxyl groups is 1. The third kappa shape index (κ3) is 2.77. The smallest absolute Gasteiger partial charge is 0.113 e. The number of thioether (sulfide) groups is 1. The fourth-order valence-electron chi connectivity index (χ4n) is 1.69. The van der Waals surface area contributed by atoms with Gasteiger partial charge in [-0.2, -0.15) is 11.8 Å². The van der Waals surface area contributed by atoms with Crippen LogP contribution in [0.2, 0.25) is 0 Å². The number of hydrogen-bond acceptors (Lipinski definition) is 4. The molecule has 1 fully saturated rings. The van der Waals surface area contributed by atoms with Gasteiger partial charge in [-0.3, -0.25) is 0 Å². The van der Waals surface area contributed by atoms with E-state index in [4.69, 9.17) is 10.2 Å². The van der Waals surface area contributed by atoms with Crippen LogP contribution in [-0.2, 0) is 5.75 Å². The Balaban J connectivity index is 1.76. The molecule has 3 N–H and O–H groups in total. The van der Waals surface area contributed by atoms with Crippen LogP contribution in [0.5, 0.6) is 0 Å². The van der Waals surface area contributed by atoms with Crippen molar-refractivity contribution in [1.82, 2.24) is 0 Å². The van der Waals surface area contributed by atoms with Gasteiger partial charge in [0.15, 0.2) is 0 Å². The van der Waals surface area contributed by atoms with Gasteiger partial charge in [-0.1, -0.05) is 0 Å². The summed E-state index contributed by atoms with van der Waals surface area (Å²) in [6, 6.07) is 3.83. The van der Waals surface area contributed by atoms with E-state index in [0.717, 1.165) is 24.4 Å². The van der Waals surface area contributed by atoms with Crippen LogP contribution in [-0.4, -0.2) is 23.0 Å². The predicted octanol–water partition coefficient (Wildman–Crippen LogP) is 1.61. The molecule has 1 aliphatic rings. The van der Waals surface area contributed by atoms with Crippen LogP contribution < -0.4 is 5.73 Å². The number of hydrogen-bond donors (Lipinski definition) is 2. The van der Waals surface area contributed by atoms with Gasteiger partial charge in [-0.05, 0) is 30.9 Å². The van der Waals surface area contributed by atoms with E-state index in [1.807, 2.05) is 12.1 Å². The predicted molar refractivity (Wildman–Crippen MR) is 61.6 cm³/mol. The van der Waals surface area contributed by atoms with Crippen LogP contribution in [0.3, 0.4) is 0 Å². The van der Waals surface area contributed by atoms with Crippen LogP contribution in [0.4, 0.5) is 0 Å². The monoisotopic (exact) mass is 227 g/mol. The highest BCUT2D eigenvalue weighted by atomic mass is 32.2. The third-order valence-electron chi connectivity index (χ3n) is 2.87. The van der Waals surface area contributed by atoms with Crippen LogP contribution in [0, 0.1) is 5.92 Å². The molecule has 2 rings (SSSR count). The van der Waals surface area contributed by atoms with Gasteiger partial charge in [0, 0.05) is 12.3 Å². The number of furan rings is 1. The highest BCUT2D eigenvalue weighted by molar-refractivity contribution is 7.98. The lowest BCUT2D eigenvalue weighted by Gasteiger charge is -2.25. The van der Waals surface area contributed by atoms with Gasteiger partial charge < -0.3 is 15.3 Å². The zero-order valence-electron chi connectivity index (χ0n) is 8.69. The summed E-state index contributed by atoms with van der Waals surface area (Å²) < 4.78 is 5.22. The standard InChI is InChI=1S/C11H17NO2S/c12-7-11(13,9-3-4-9)8-15-6-10-2-1-5-14-10/h1-2,5,9,13H,3-4,6-8,12H2. The first-order chi connectivity index (χ1) is 7.24. The molecule has 1 unspecified atom stereocenters. The Morgan fingerprint density at radius 2 is 2.40 bits per heavy atom. The summed E-state index contributed by atoms with van der Waals surface area (Å²) in [6.45, 7) is 0.364. The molecule has 15 heavy (non-hydrogen) atoms. The van der Waals surface area contributed by atoms with E-state index >= 15 is 0 Å². The molecule has 3 nitrogen and oxygen atoms in total. The molecular weight excluding hydrogens is 210 g/mol. The second-order valence-corrected chi connectivity index (χ2v) is 5.14. The molecule has 1 aromatic rings. The Morgan fingerprint density at radius 3 is 2.93 bits per heavy atom. The van der Waals surface area contributed by atoms with Gasteiger partial charge >= 0.3 is 0 Å². The Hall–Kier alpha value is -0.450. The molecule has 4 heteroatoms. The van der Waals surface area contributed by atoms with E-state index in [0.29, 0.717) is 18.2 Å². The minimum absolute atomic E-state index is 0.364. The van der Waals surface area contributed by atoms with E-state index in [2.05, 4.69) is 0 Å². The van der Waals surface area contributed by atoms with Crippen molar-refractivity contribution >= 4 is 11.8 Å². The minimum atomic E-state index is -0.655. The lowest BCUT2D eigenvalue weighted by Crippen LogP contribution is -2.42. The number of nitrogens with two attached hydrogens (primary N) is 1. The molecule has 1 aliphatic carbocycles. The molecule has 1 aromatic heterocycles. The number of rotatable bonds is 6. The van der Waals surface area contributed by atoms with Gasteiger partial charge in [0.2, 0.25) is 0 Å². The normalized spacial score (nSPS) is 20.1. The molecule has 0 aromatic carbocycles. The maximum atomic E-state index is 10.2. The topological polar surface area (TPSA) is 59.4 Å². The first-order valence-electron chi connectivity index (χ1n) is 5.27. The maximum absolute atomic E-state index is 10.2. The summed E-state index contributed by atoms with van der Waals surface area (Å²) in [6.07, 6.45) is 3.91. The first kappa shape index (κ1) is 11.0. The maximum Gasteiger partial charge on any atom is 0.113 e. The molecule has 0 bridgehead atoms. The summed E-state index contributed by atoms with van der Waals surface area (Å²) in [5, 5.41) is 10.2. The lowest BCUT2D eigenvalue weighted by molar-refractivity contribution is 0.0510. The molecule has 84 valence electrons. The fraction of sp³-hybridized carbons (Fsp3) is 0.636. The minimum Gasteiger partial charge on any atom is -0.468 e. The Bertz CT molecular complexity index is 298. The van der Waals surface area contributed by atoms with Crippen molar-refractivity contribution < 1.29 is 9.52 Å². The summed E-state index contributed by atoms with van der Waals surface area (Å²) >= 11 is 1.69. The van der Waals surface area contributed by atoms with Gasteiger partial charge in [0.05, 0.1) is 17.6 Å². The quantitative estimate of drug-likeness (QED) is 0.775. The zero-order chi connectivity index (χ0) is 10.7. The van der Waals surface area contributed by atoms with Gasteiger partial charge in [0.1, 0.15) is 5.76 Å². The van der Waals surface area contributed by atoms with E-state index in [9.17, 15) is 5.11 Å². The second-order valence-electron chi connectivity index (χ2n) is 4.15. The molecule has 1 saturated carbocycles. The van der Waals surface area contributed by atoms with Crippen molar-refractivity contribution in [2.75, 3.05) is 12.3 Å². The largest absolute Gasteiger partial charge is 0.468 e. The fourth-order valence-corrected chi connectivity index (χ4v) is 2.86. The molecule has 0 amide bonds. The summed E-state index contributed by atoms with van der Waals surface area (Å²) in [4.78, 5) is 0. The second kappa shape index (κ2) is 4.60. The molecular formula is C11H17NO2S. The highest BCUT2D eigenvalue weighted by Gasteiger charge is 2.42. The van der Waals surface area contributed by atoms with Gasteiger partial charge in [0.25, 0.3) is 0 Å². The van der Waals surface area contributed by atoms with E-state index in [1.165, 1.54) is 0 Å². The van der Waals surface area contributed by atoms with Crippen molar-refractivity contribution in [2.45, 2.75) is 24.2 Å². The Labute approximate surface area is 94.0 Å². The Kier molecular flexibility index (Phi) is 3.38. The van der Waals surface area contributed by atoms with E-state index in [-0.39, 0.29) is 0 Å². The highest BCUT2D eigenvalue weighted by Crippen LogP contribution is 2.41. The van der Waals surface area contributed by atoms with Crippen molar-refractivity contribution in [3.63, 3.8) is 0 Å². The van der Waals surface area contributed by atoms with Crippen molar-refractivity contribution in [3.8, 4) is 0 Å². The SMILES string of the molecule is NCC(O)(CSCc1ccco1)C1CC1. The van der Waals surface area contributed by atoms with Crippen LogP contribution >= 0.6 is 11.8 Å². The van der Waals surface area contributed by atoms with Crippen LogP contribution in [0.1, 0.15) is 18.6 Å². The van der Waals surface area contributed by atoms with Gasteiger partial charge in [-0.15, -0.1) is 0 Å². The van der Waals surface area contributed by atoms with E-state index in [1.54, 1.807) is 18.0 Å². The first-order valence-corrected chi connectivity index (χ1v) is 6.42. The summed E-state index contributed by atoms with van der Waals surface area (Å²) in [7, 11) is 0. The third-order valence-corrected chi connectivity index (χ3v) is 4.06. The Morgan fingerprint density at radius 1 is 1.60 bits per heavy atom. The van der Waals surface area contributed by atoms with Gasteiger partial charge in [-0.25, -0.2) is 0 Å². The van der Waals surface area contributed by atoms with Crippen molar-refractivity contribution in [2.24, 2.45) is 11.7 Å². The van der Waals surface area contributed by atoms with Crippen molar-refractivity contribution in [3.05, 3.63) is 24.2 Å². The zero-order valence-corrected chi connectivity index (χ0v) is 9.50. The molecule has 0 spiro atoms. The average Bonchev–Trinajstić information content (AvgIpc) is 2.98. The summed E-state index contributed by atoms with van der Waals surface area (Å²) in [5.41, 5.74) is 4.97. The molecule has 1 atom stereocenters. The van der Waals surface area contributed by atoms with Crippen molar-refractivity contribution in [1.29, 1.82) is 0 Å². The lowest BCUT2D eigenvalue weighted by atomic mass is 10.0. The van der Waals surface area contributed by atoms with Crippen LogP contribution in [0.25, 0.3) is 0 Å². The van der Waals surface area contributed by atoms with E-state index < -0.39 is 5.60 Å². The molecule has 1 heterocycles.